The van der Waals surface area contributed by atoms with Crippen LogP contribution in [-0.4, -0.2) is 13.1 Å². The molecule has 1 N–H and O–H groups in total. The SMILES string of the molecule is CNC(CCc1ccco1)Cc1cc(F)ccc1Cl. The first-order chi connectivity index (χ1) is 9.19. The number of benzene rings is 1. The van der Waals surface area contributed by atoms with Gasteiger partial charge in [-0.15, -0.1) is 0 Å². The number of aryl methyl sites for hydroxylation is 1. The van der Waals surface area contributed by atoms with Gasteiger partial charge in [0, 0.05) is 17.5 Å². The highest BCUT2D eigenvalue weighted by molar-refractivity contribution is 6.31. The predicted molar refractivity (Wildman–Crippen MR) is 75.0 cm³/mol. The number of halogens is 2. The molecule has 0 saturated carbocycles. The molecule has 0 bridgehead atoms. The highest BCUT2D eigenvalue weighted by Crippen LogP contribution is 2.20. The zero-order chi connectivity index (χ0) is 13.7. The van der Waals surface area contributed by atoms with Crippen molar-refractivity contribution >= 4 is 11.6 Å². The van der Waals surface area contributed by atoms with Crippen LogP contribution in [0.4, 0.5) is 4.39 Å². The predicted octanol–water partition coefficient (Wildman–Crippen LogP) is 3.84. The first-order valence-electron chi connectivity index (χ1n) is 6.32. The van der Waals surface area contributed by atoms with Crippen molar-refractivity contribution in [2.75, 3.05) is 7.05 Å². The van der Waals surface area contributed by atoms with Gasteiger partial charge in [-0.3, -0.25) is 0 Å². The minimum Gasteiger partial charge on any atom is -0.469 e. The number of hydrogen-bond donors (Lipinski definition) is 1. The Morgan fingerprint density at radius 1 is 1.37 bits per heavy atom. The van der Waals surface area contributed by atoms with Crippen molar-refractivity contribution in [1.82, 2.24) is 5.32 Å². The Balaban J connectivity index is 1.96. The lowest BCUT2D eigenvalue weighted by molar-refractivity contribution is 0.460. The van der Waals surface area contributed by atoms with Crippen molar-refractivity contribution in [1.29, 1.82) is 0 Å². The van der Waals surface area contributed by atoms with E-state index in [-0.39, 0.29) is 11.9 Å². The Hall–Kier alpha value is -1.32. The van der Waals surface area contributed by atoms with Gasteiger partial charge in [-0.2, -0.15) is 0 Å². The Labute approximate surface area is 117 Å². The molecule has 0 aliphatic heterocycles. The number of nitrogens with one attached hydrogen (secondary N) is 1. The van der Waals surface area contributed by atoms with Gasteiger partial charge in [0.2, 0.25) is 0 Å². The van der Waals surface area contributed by atoms with Crippen LogP contribution >= 0.6 is 11.6 Å². The second kappa shape index (κ2) is 6.73. The largest absolute Gasteiger partial charge is 0.469 e. The molecule has 1 aromatic heterocycles. The summed E-state index contributed by atoms with van der Waals surface area (Å²) in [6.07, 6.45) is 4.14. The fourth-order valence-electron chi connectivity index (χ4n) is 2.08. The van der Waals surface area contributed by atoms with Gasteiger partial charge in [0.1, 0.15) is 11.6 Å². The van der Waals surface area contributed by atoms with Crippen molar-refractivity contribution in [2.45, 2.75) is 25.3 Å². The van der Waals surface area contributed by atoms with Gasteiger partial charge < -0.3 is 9.73 Å². The molecule has 0 fully saturated rings. The Morgan fingerprint density at radius 3 is 2.89 bits per heavy atom. The number of furan rings is 1. The molecule has 0 radical (unpaired) electrons. The van der Waals surface area contributed by atoms with Gasteiger partial charge in [-0.05, 0) is 55.8 Å². The van der Waals surface area contributed by atoms with Crippen LogP contribution in [0.5, 0.6) is 0 Å². The van der Waals surface area contributed by atoms with Crippen LogP contribution in [0.15, 0.2) is 41.0 Å². The number of rotatable bonds is 6. The average molecular weight is 282 g/mol. The Morgan fingerprint density at radius 2 is 2.21 bits per heavy atom. The zero-order valence-corrected chi connectivity index (χ0v) is 11.6. The monoisotopic (exact) mass is 281 g/mol. The maximum Gasteiger partial charge on any atom is 0.123 e. The van der Waals surface area contributed by atoms with Gasteiger partial charge in [0.25, 0.3) is 0 Å². The van der Waals surface area contributed by atoms with E-state index in [1.165, 1.54) is 12.1 Å². The summed E-state index contributed by atoms with van der Waals surface area (Å²) >= 11 is 6.08. The van der Waals surface area contributed by atoms with E-state index in [9.17, 15) is 4.39 Å². The molecule has 0 aliphatic carbocycles. The van der Waals surface area contributed by atoms with Gasteiger partial charge in [-0.1, -0.05) is 11.6 Å². The molecule has 2 nitrogen and oxygen atoms in total. The minimum absolute atomic E-state index is 0.240. The smallest absolute Gasteiger partial charge is 0.123 e. The summed E-state index contributed by atoms with van der Waals surface area (Å²) in [4.78, 5) is 0. The maximum atomic E-state index is 13.2. The molecule has 0 spiro atoms. The second-order valence-electron chi connectivity index (χ2n) is 4.54. The maximum absolute atomic E-state index is 13.2. The minimum atomic E-state index is -0.250. The third kappa shape index (κ3) is 4.08. The molecule has 0 amide bonds. The summed E-state index contributed by atoms with van der Waals surface area (Å²) < 4.78 is 18.5. The lowest BCUT2D eigenvalue weighted by atomic mass is 10.0. The fraction of sp³-hybridized carbons (Fsp3) is 0.333. The van der Waals surface area contributed by atoms with Crippen molar-refractivity contribution in [2.24, 2.45) is 0 Å². The molecular weight excluding hydrogens is 265 g/mol. The van der Waals surface area contributed by atoms with Crippen LogP contribution in [0.2, 0.25) is 5.02 Å². The summed E-state index contributed by atoms with van der Waals surface area (Å²) in [5.41, 5.74) is 0.834. The highest BCUT2D eigenvalue weighted by atomic mass is 35.5. The molecule has 1 aromatic carbocycles. The molecule has 0 saturated heterocycles. The standard InChI is InChI=1S/C15H17ClFNO/c1-18-13(5-6-14-3-2-8-19-14)10-11-9-12(17)4-7-15(11)16/h2-4,7-9,13,18H,5-6,10H2,1H3. The van der Waals surface area contributed by atoms with Gasteiger partial charge in [0.15, 0.2) is 0 Å². The van der Waals surface area contributed by atoms with E-state index in [1.807, 2.05) is 19.2 Å². The summed E-state index contributed by atoms with van der Waals surface area (Å²) in [5.74, 6) is 0.714. The second-order valence-corrected chi connectivity index (χ2v) is 4.95. The molecule has 4 heteroatoms. The van der Waals surface area contributed by atoms with Crippen LogP contribution < -0.4 is 5.32 Å². The Kier molecular flexibility index (Phi) is 5.00. The number of hydrogen-bond acceptors (Lipinski definition) is 2. The third-order valence-electron chi connectivity index (χ3n) is 3.20. The number of likely N-dealkylation sites (N-methyl/N-ethyl adjacent to an activating group) is 1. The van der Waals surface area contributed by atoms with Gasteiger partial charge >= 0.3 is 0 Å². The lowest BCUT2D eigenvalue weighted by Crippen LogP contribution is -2.28. The fourth-order valence-corrected chi connectivity index (χ4v) is 2.28. The summed E-state index contributed by atoms with van der Waals surface area (Å²) in [6.45, 7) is 0. The van der Waals surface area contributed by atoms with E-state index in [4.69, 9.17) is 16.0 Å². The Bertz CT molecular complexity index is 513. The van der Waals surface area contributed by atoms with E-state index >= 15 is 0 Å². The summed E-state index contributed by atoms with van der Waals surface area (Å²) in [6, 6.07) is 8.56. The van der Waals surface area contributed by atoms with Crippen LogP contribution in [0, 0.1) is 5.82 Å². The van der Waals surface area contributed by atoms with Crippen molar-refractivity contribution in [3.8, 4) is 0 Å². The molecule has 1 atom stereocenters. The van der Waals surface area contributed by atoms with E-state index < -0.39 is 0 Å². The van der Waals surface area contributed by atoms with Crippen LogP contribution in [0.1, 0.15) is 17.7 Å². The van der Waals surface area contributed by atoms with Gasteiger partial charge in [-0.25, -0.2) is 4.39 Å². The van der Waals surface area contributed by atoms with Crippen molar-refractivity contribution in [3.63, 3.8) is 0 Å². The van der Waals surface area contributed by atoms with E-state index in [2.05, 4.69) is 5.32 Å². The van der Waals surface area contributed by atoms with Crippen LogP contribution in [0.3, 0.4) is 0 Å². The van der Waals surface area contributed by atoms with Crippen molar-refractivity contribution < 1.29 is 8.81 Å². The molecule has 0 aliphatic rings. The molecule has 19 heavy (non-hydrogen) atoms. The molecule has 102 valence electrons. The highest BCUT2D eigenvalue weighted by Gasteiger charge is 2.11. The lowest BCUT2D eigenvalue weighted by Gasteiger charge is -2.16. The first kappa shape index (κ1) is 14.1. The molecular formula is C15H17ClFNO. The molecule has 1 heterocycles. The van der Waals surface area contributed by atoms with Gasteiger partial charge in [0.05, 0.1) is 6.26 Å². The molecule has 2 aromatic rings. The van der Waals surface area contributed by atoms with E-state index in [1.54, 1.807) is 12.3 Å². The summed E-state index contributed by atoms with van der Waals surface area (Å²) in [5, 5.41) is 3.85. The van der Waals surface area contributed by atoms with Crippen LogP contribution in [-0.2, 0) is 12.8 Å². The first-order valence-corrected chi connectivity index (χ1v) is 6.70. The van der Waals surface area contributed by atoms with E-state index in [0.29, 0.717) is 11.4 Å². The molecule has 2 rings (SSSR count). The normalized spacial score (nSPS) is 12.6. The van der Waals surface area contributed by atoms with Crippen LogP contribution in [0.25, 0.3) is 0 Å². The third-order valence-corrected chi connectivity index (χ3v) is 3.57. The average Bonchev–Trinajstić information content (AvgIpc) is 2.91. The van der Waals surface area contributed by atoms with E-state index in [0.717, 1.165) is 24.2 Å². The zero-order valence-electron chi connectivity index (χ0n) is 10.8. The topological polar surface area (TPSA) is 25.2 Å². The quantitative estimate of drug-likeness (QED) is 0.870. The van der Waals surface area contributed by atoms with Crippen molar-refractivity contribution in [3.05, 3.63) is 58.8 Å². The molecule has 1 unspecified atom stereocenters. The summed E-state index contributed by atoms with van der Waals surface area (Å²) in [7, 11) is 1.90.